The number of esters is 2. The topological polar surface area (TPSA) is 108 Å². The van der Waals surface area contributed by atoms with Crippen LogP contribution < -0.4 is 0 Å². The van der Waals surface area contributed by atoms with E-state index < -0.39 is 26.5 Å². The molecule has 0 aliphatic carbocycles. The second-order valence-electron chi connectivity index (χ2n) is 14.4. The lowest BCUT2D eigenvalue weighted by atomic mass is 10.0. The zero-order valence-corrected chi connectivity index (χ0v) is 36.2. The SMILES string of the molecule is CC/C=C\C/C=C\C/C=C\C/C=C\CCCCCCCCCCCCC(=O)OC(COC(=O)CCCCCCC/C=C\CCCCCC)COP(=O)(O)OC. The van der Waals surface area contributed by atoms with Crippen molar-refractivity contribution >= 4 is 19.8 Å². The Morgan fingerprint density at radius 3 is 1.40 bits per heavy atom. The van der Waals surface area contributed by atoms with Gasteiger partial charge in [-0.05, 0) is 77.0 Å². The number of hydrogen-bond donors (Lipinski definition) is 1. The molecule has 9 heteroatoms. The van der Waals surface area contributed by atoms with E-state index in [0.29, 0.717) is 6.42 Å². The van der Waals surface area contributed by atoms with Crippen LogP contribution in [0.4, 0.5) is 0 Å². The fourth-order valence-electron chi connectivity index (χ4n) is 5.88. The lowest BCUT2D eigenvalue weighted by Crippen LogP contribution is -2.29. The molecule has 1 N–H and O–H groups in total. The molecule has 0 fully saturated rings. The molecular formula is C46H81O8P. The lowest BCUT2D eigenvalue weighted by molar-refractivity contribution is -0.161. The number of allylic oxidation sites excluding steroid dienone is 10. The van der Waals surface area contributed by atoms with E-state index in [0.717, 1.165) is 97.0 Å². The summed E-state index contributed by atoms with van der Waals surface area (Å²) in [5.41, 5.74) is 0. The molecule has 8 nitrogen and oxygen atoms in total. The van der Waals surface area contributed by atoms with E-state index in [1.807, 2.05) is 0 Å². The number of rotatable bonds is 40. The maximum Gasteiger partial charge on any atom is 0.472 e. The van der Waals surface area contributed by atoms with Gasteiger partial charge in [0.15, 0.2) is 6.10 Å². The molecule has 2 unspecified atom stereocenters. The van der Waals surface area contributed by atoms with Crippen LogP contribution in [0, 0.1) is 0 Å². The molecule has 0 aliphatic heterocycles. The summed E-state index contributed by atoms with van der Waals surface area (Å²) in [4.78, 5) is 34.5. The Morgan fingerprint density at radius 2 is 0.927 bits per heavy atom. The molecular weight excluding hydrogens is 711 g/mol. The zero-order chi connectivity index (χ0) is 40.3. The van der Waals surface area contributed by atoms with Crippen LogP contribution in [-0.4, -0.2) is 43.3 Å². The van der Waals surface area contributed by atoms with Gasteiger partial charge in [-0.1, -0.05) is 164 Å². The van der Waals surface area contributed by atoms with Crippen LogP contribution >= 0.6 is 7.82 Å². The van der Waals surface area contributed by atoms with Gasteiger partial charge in [0.05, 0.1) is 6.61 Å². The molecule has 0 aromatic heterocycles. The fourth-order valence-corrected chi connectivity index (χ4v) is 6.34. The quantitative estimate of drug-likeness (QED) is 0.0283. The molecule has 0 aromatic rings. The van der Waals surface area contributed by atoms with Crippen molar-refractivity contribution in [2.24, 2.45) is 0 Å². The summed E-state index contributed by atoms with van der Waals surface area (Å²) in [6.07, 6.45) is 51.3. The summed E-state index contributed by atoms with van der Waals surface area (Å²) in [5, 5.41) is 0. The van der Waals surface area contributed by atoms with Crippen molar-refractivity contribution in [2.45, 2.75) is 200 Å². The molecule has 0 amide bonds. The number of ether oxygens (including phenoxy) is 2. The third kappa shape index (κ3) is 41.2. The highest BCUT2D eigenvalue weighted by Gasteiger charge is 2.24. The minimum absolute atomic E-state index is 0.233. The normalized spacial score (nSPS) is 13.9. The number of carbonyl (C=O) groups excluding carboxylic acids is 2. The van der Waals surface area contributed by atoms with E-state index in [1.165, 1.54) is 70.6 Å². The monoisotopic (exact) mass is 793 g/mol. The van der Waals surface area contributed by atoms with Crippen molar-refractivity contribution in [1.29, 1.82) is 0 Å². The van der Waals surface area contributed by atoms with Crippen molar-refractivity contribution in [3.63, 3.8) is 0 Å². The van der Waals surface area contributed by atoms with Crippen molar-refractivity contribution < 1.29 is 37.6 Å². The van der Waals surface area contributed by atoms with E-state index in [9.17, 15) is 19.0 Å². The molecule has 0 saturated heterocycles. The Bertz CT molecular complexity index is 1080. The highest BCUT2D eigenvalue weighted by Crippen LogP contribution is 2.42. The minimum atomic E-state index is -4.27. The molecule has 318 valence electrons. The van der Waals surface area contributed by atoms with E-state index in [2.05, 4.69) is 79.1 Å². The van der Waals surface area contributed by atoms with Gasteiger partial charge < -0.3 is 14.4 Å². The average molecular weight is 793 g/mol. The van der Waals surface area contributed by atoms with Gasteiger partial charge in [-0.2, -0.15) is 0 Å². The van der Waals surface area contributed by atoms with Gasteiger partial charge in [0, 0.05) is 20.0 Å². The summed E-state index contributed by atoms with van der Waals surface area (Å²) in [6, 6.07) is 0. The minimum Gasteiger partial charge on any atom is -0.462 e. The Labute approximate surface area is 337 Å². The Hall–Kier alpha value is -2.25. The first kappa shape index (κ1) is 52.8. The van der Waals surface area contributed by atoms with Gasteiger partial charge in [0.2, 0.25) is 0 Å². The van der Waals surface area contributed by atoms with Gasteiger partial charge >= 0.3 is 19.8 Å². The van der Waals surface area contributed by atoms with Crippen LogP contribution in [0.2, 0.25) is 0 Å². The Balaban J connectivity index is 3.97. The summed E-state index contributed by atoms with van der Waals surface area (Å²) in [7, 11) is -3.21. The molecule has 55 heavy (non-hydrogen) atoms. The number of phosphoric acid groups is 1. The summed E-state index contributed by atoms with van der Waals surface area (Å²) >= 11 is 0. The van der Waals surface area contributed by atoms with Crippen molar-refractivity contribution in [1.82, 2.24) is 0 Å². The smallest absolute Gasteiger partial charge is 0.462 e. The molecule has 0 rings (SSSR count). The Morgan fingerprint density at radius 1 is 0.527 bits per heavy atom. The fraction of sp³-hybridized carbons (Fsp3) is 0.739. The lowest BCUT2D eigenvalue weighted by Gasteiger charge is -2.19. The number of hydrogen-bond acceptors (Lipinski definition) is 7. The van der Waals surface area contributed by atoms with Crippen LogP contribution in [0.5, 0.6) is 0 Å². The first-order valence-corrected chi connectivity index (χ1v) is 23.5. The third-order valence-corrected chi connectivity index (χ3v) is 10.2. The van der Waals surface area contributed by atoms with Gasteiger partial charge in [-0.3, -0.25) is 18.6 Å². The van der Waals surface area contributed by atoms with Crippen LogP contribution in [0.15, 0.2) is 60.8 Å². The van der Waals surface area contributed by atoms with E-state index in [1.54, 1.807) is 0 Å². The maximum absolute atomic E-state index is 12.5. The molecule has 0 saturated carbocycles. The maximum atomic E-state index is 12.5. The van der Waals surface area contributed by atoms with E-state index >= 15 is 0 Å². The van der Waals surface area contributed by atoms with Crippen molar-refractivity contribution in [3.8, 4) is 0 Å². The molecule has 0 bridgehead atoms. The molecule has 0 aliphatic rings. The third-order valence-electron chi connectivity index (χ3n) is 9.25. The number of carbonyl (C=O) groups is 2. The van der Waals surface area contributed by atoms with Gasteiger partial charge in [0.1, 0.15) is 6.61 Å². The molecule has 0 spiro atoms. The standard InChI is InChI=1S/C46H81O8P/c1-4-6-8-10-12-14-16-18-19-20-21-22-23-24-25-26-27-29-31-33-35-37-39-41-46(48)54-44(43-53-55(49,50)51-3)42-52-45(47)40-38-36-34-32-30-28-17-15-13-11-9-7-5-2/h6,8,12,14-15,17-19,21-22,44H,4-5,7,9-11,13,16,20,23-43H2,1-3H3,(H,49,50)/b8-6-,14-12-,17-15-,19-18-,22-21-. The van der Waals surface area contributed by atoms with Gasteiger partial charge in [0.25, 0.3) is 0 Å². The summed E-state index contributed by atoms with van der Waals surface area (Å²) in [5.74, 6) is -0.820. The van der Waals surface area contributed by atoms with Crippen molar-refractivity contribution in [2.75, 3.05) is 20.3 Å². The summed E-state index contributed by atoms with van der Waals surface area (Å²) in [6.45, 7) is 3.75. The first-order valence-electron chi connectivity index (χ1n) is 22.0. The zero-order valence-electron chi connectivity index (χ0n) is 35.3. The van der Waals surface area contributed by atoms with Crippen LogP contribution in [0.1, 0.15) is 194 Å². The van der Waals surface area contributed by atoms with Crippen LogP contribution in [-0.2, 0) is 32.7 Å². The molecule has 2 atom stereocenters. The second kappa shape index (κ2) is 41.4. The van der Waals surface area contributed by atoms with Crippen molar-refractivity contribution in [3.05, 3.63) is 60.8 Å². The molecule has 0 aromatic carbocycles. The van der Waals surface area contributed by atoms with E-state index in [-0.39, 0.29) is 25.4 Å². The van der Waals surface area contributed by atoms with Crippen LogP contribution in [0.25, 0.3) is 0 Å². The van der Waals surface area contributed by atoms with Crippen LogP contribution in [0.3, 0.4) is 0 Å². The highest BCUT2D eigenvalue weighted by atomic mass is 31.2. The highest BCUT2D eigenvalue weighted by molar-refractivity contribution is 7.47. The van der Waals surface area contributed by atoms with Gasteiger partial charge in [-0.25, -0.2) is 4.57 Å². The average Bonchev–Trinajstić information content (AvgIpc) is 3.18. The number of phosphoric ester groups is 1. The van der Waals surface area contributed by atoms with Gasteiger partial charge in [-0.15, -0.1) is 0 Å². The predicted octanol–water partition coefficient (Wildman–Crippen LogP) is 13.9. The second-order valence-corrected chi connectivity index (χ2v) is 16.0. The van der Waals surface area contributed by atoms with E-state index in [4.69, 9.17) is 14.0 Å². The predicted molar refractivity (Wildman–Crippen MR) is 230 cm³/mol. The molecule has 0 radical (unpaired) electrons. The molecule has 0 heterocycles. The first-order chi connectivity index (χ1) is 26.8. The Kier molecular flexibility index (Phi) is 39.7. The summed E-state index contributed by atoms with van der Waals surface area (Å²) < 4.78 is 32.0. The largest absolute Gasteiger partial charge is 0.472 e. The number of unbranched alkanes of at least 4 members (excludes halogenated alkanes) is 19.